The third-order valence-electron chi connectivity index (χ3n) is 3.51. The van der Waals surface area contributed by atoms with Gasteiger partial charge in [0.2, 0.25) is 0 Å². The van der Waals surface area contributed by atoms with E-state index in [0.29, 0.717) is 12.7 Å². The van der Waals surface area contributed by atoms with Crippen LogP contribution in [0.5, 0.6) is 0 Å². The maximum Gasteiger partial charge on any atom is 0.148 e. The summed E-state index contributed by atoms with van der Waals surface area (Å²) in [5.41, 5.74) is 0. The quantitative estimate of drug-likeness (QED) is 0.363. The highest BCUT2D eigenvalue weighted by atomic mass is 16.3. The molecule has 0 aliphatic rings. The average Bonchev–Trinajstić information content (AvgIpc) is 2.39. The van der Waals surface area contributed by atoms with Crippen molar-refractivity contribution in [2.24, 2.45) is 0 Å². The smallest absolute Gasteiger partial charge is 0.148 e. The Morgan fingerprint density at radius 1 is 0.778 bits per heavy atom. The predicted molar refractivity (Wildman–Crippen MR) is 77.8 cm³/mol. The molecule has 0 saturated carbocycles. The third kappa shape index (κ3) is 13.7. The number of aliphatic hydroxyl groups is 1. The number of hydrogen-bond donors (Lipinski definition) is 1. The zero-order valence-electron chi connectivity index (χ0n) is 12.2. The summed E-state index contributed by atoms with van der Waals surface area (Å²) >= 11 is 0. The molecule has 0 saturated heterocycles. The van der Waals surface area contributed by atoms with Crippen LogP contribution in [-0.2, 0) is 4.79 Å². The molecule has 2 heteroatoms. The first-order valence-corrected chi connectivity index (χ1v) is 7.94. The fraction of sp³-hybridized carbons (Fsp3) is 0.938. The van der Waals surface area contributed by atoms with Gasteiger partial charge in [0.15, 0.2) is 0 Å². The van der Waals surface area contributed by atoms with Crippen LogP contribution in [0.15, 0.2) is 0 Å². The van der Waals surface area contributed by atoms with Crippen molar-refractivity contribution in [3.63, 3.8) is 0 Å². The highest BCUT2D eigenvalue weighted by Gasteiger charge is 2.00. The molecule has 108 valence electrons. The van der Waals surface area contributed by atoms with Crippen molar-refractivity contribution in [3.8, 4) is 0 Å². The lowest BCUT2D eigenvalue weighted by molar-refractivity contribution is -0.115. The van der Waals surface area contributed by atoms with Crippen molar-refractivity contribution in [3.05, 3.63) is 0 Å². The number of hydrogen-bond acceptors (Lipinski definition) is 2. The molecule has 0 aromatic heterocycles. The maximum atomic E-state index is 10.2. The molecule has 18 heavy (non-hydrogen) atoms. The summed E-state index contributed by atoms with van der Waals surface area (Å²) in [5.74, 6) is 0. The Morgan fingerprint density at radius 2 is 1.17 bits per heavy atom. The van der Waals surface area contributed by atoms with Gasteiger partial charge in [-0.15, -0.1) is 0 Å². The van der Waals surface area contributed by atoms with Crippen molar-refractivity contribution in [2.45, 2.75) is 96.5 Å². The number of carbonyl (C=O) groups is 1. The molecule has 0 amide bonds. The van der Waals surface area contributed by atoms with E-state index in [2.05, 4.69) is 6.92 Å². The Labute approximate surface area is 113 Å². The van der Waals surface area contributed by atoms with Gasteiger partial charge in [-0.1, -0.05) is 84.0 Å². The van der Waals surface area contributed by atoms with Gasteiger partial charge in [-0.3, -0.25) is 0 Å². The number of carbonyl (C=O) groups excluding carboxylic acids is 1. The van der Waals surface area contributed by atoms with Crippen molar-refractivity contribution in [1.82, 2.24) is 0 Å². The summed E-state index contributed by atoms with van der Waals surface area (Å²) in [7, 11) is 0. The molecular weight excluding hydrogens is 224 g/mol. The van der Waals surface area contributed by atoms with Crippen LogP contribution in [0, 0.1) is 0 Å². The number of aliphatic hydroxyl groups excluding tert-OH is 1. The van der Waals surface area contributed by atoms with Gasteiger partial charge in [-0.05, 0) is 6.42 Å². The molecule has 0 bridgehead atoms. The van der Waals surface area contributed by atoms with Gasteiger partial charge in [-0.25, -0.2) is 0 Å². The van der Waals surface area contributed by atoms with E-state index in [9.17, 15) is 4.79 Å². The summed E-state index contributed by atoms with van der Waals surface area (Å²) in [5, 5.41) is 9.05. The Balaban J connectivity index is 2.96. The molecule has 0 aliphatic carbocycles. The van der Waals surface area contributed by atoms with Crippen molar-refractivity contribution >= 4 is 6.29 Å². The molecule has 1 N–H and O–H groups in total. The maximum absolute atomic E-state index is 10.2. The van der Waals surface area contributed by atoms with Crippen LogP contribution in [-0.4, -0.2) is 17.5 Å². The predicted octanol–water partition coefficient (Wildman–Crippen LogP) is 4.64. The van der Waals surface area contributed by atoms with Gasteiger partial charge >= 0.3 is 0 Å². The summed E-state index contributed by atoms with van der Waals surface area (Å²) in [6, 6.07) is 0. The van der Waals surface area contributed by atoms with Gasteiger partial charge in [-0.2, -0.15) is 0 Å². The summed E-state index contributed by atoms with van der Waals surface area (Å²) < 4.78 is 0. The van der Waals surface area contributed by atoms with Crippen LogP contribution < -0.4 is 0 Å². The fourth-order valence-electron chi connectivity index (χ4n) is 2.26. The minimum atomic E-state index is -0.729. The van der Waals surface area contributed by atoms with Crippen LogP contribution in [0.3, 0.4) is 0 Å². The first-order valence-electron chi connectivity index (χ1n) is 7.94. The van der Waals surface area contributed by atoms with Crippen LogP contribution in [0.1, 0.15) is 90.4 Å². The zero-order valence-corrected chi connectivity index (χ0v) is 12.2. The van der Waals surface area contributed by atoms with Gasteiger partial charge in [0.05, 0.1) is 0 Å². The first-order chi connectivity index (χ1) is 8.81. The van der Waals surface area contributed by atoms with E-state index in [4.69, 9.17) is 5.11 Å². The van der Waals surface area contributed by atoms with Crippen LogP contribution in [0.4, 0.5) is 0 Å². The van der Waals surface area contributed by atoms with Crippen molar-refractivity contribution in [1.29, 1.82) is 0 Å². The van der Waals surface area contributed by atoms with Crippen LogP contribution >= 0.6 is 0 Å². The van der Waals surface area contributed by atoms with E-state index in [0.717, 1.165) is 12.8 Å². The van der Waals surface area contributed by atoms with E-state index in [1.165, 1.54) is 64.2 Å². The molecular formula is C16H32O2. The monoisotopic (exact) mass is 256 g/mol. The Bertz CT molecular complexity index is 168. The average molecular weight is 256 g/mol. The molecule has 1 atom stereocenters. The molecule has 0 aromatic rings. The third-order valence-corrected chi connectivity index (χ3v) is 3.51. The number of aldehydes is 1. The lowest BCUT2D eigenvalue weighted by Crippen LogP contribution is -2.06. The van der Waals surface area contributed by atoms with Gasteiger partial charge in [0.25, 0.3) is 0 Å². The highest BCUT2D eigenvalue weighted by molar-refractivity contribution is 5.55. The summed E-state index contributed by atoms with van der Waals surface area (Å²) in [4.78, 5) is 10.2. The normalized spacial score (nSPS) is 12.6. The molecule has 0 spiro atoms. The van der Waals surface area contributed by atoms with E-state index in [1.807, 2.05) is 0 Å². The van der Waals surface area contributed by atoms with Crippen molar-refractivity contribution in [2.75, 3.05) is 0 Å². The molecule has 0 aliphatic heterocycles. The highest BCUT2D eigenvalue weighted by Crippen LogP contribution is 2.12. The Hall–Kier alpha value is -0.370. The Morgan fingerprint density at radius 3 is 1.56 bits per heavy atom. The summed E-state index contributed by atoms with van der Waals surface area (Å²) in [6.45, 7) is 2.26. The molecule has 0 unspecified atom stereocenters. The van der Waals surface area contributed by atoms with Crippen LogP contribution in [0.25, 0.3) is 0 Å². The van der Waals surface area contributed by atoms with E-state index >= 15 is 0 Å². The molecule has 2 nitrogen and oxygen atoms in total. The SMILES string of the molecule is CCCCCCCCCCCCCC[C@H](O)C=O. The minimum Gasteiger partial charge on any atom is -0.386 e. The molecule has 0 fully saturated rings. The van der Waals surface area contributed by atoms with Gasteiger partial charge < -0.3 is 9.90 Å². The lowest BCUT2D eigenvalue weighted by atomic mass is 10.0. The van der Waals surface area contributed by atoms with E-state index in [-0.39, 0.29) is 0 Å². The first kappa shape index (κ1) is 17.6. The van der Waals surface area contributed by atoms with E-state index in [1.54, 1.807) is 0 Å². The molecule has 0 aromatic carbocycles. The lowest BCUT2D eigenvalue weighted by Gasteiger charge is -2.03. The van der Waals surface area contributed by atoms with Crippen molar-refractivity contribution < 1.29 is 9.90 Å². The molecule has 0 heterocycles. The van der Waals surface area contributed by atoms with Crippen LogP contribution in [0.2, 0.25) is 0 Å². The fourth-order valence-corrected chi connectivity index (χ4v) is 2.26. The number of rotatable bonds is 14. The molecule has 0 rings (SSSR count). The Kier molecular flexibility index (Phi) is 14.4. The zero-order chi connectivity index (χ0) is 13.5. The molecule has 0 radical (unpaired) electrons. The largest absolute Gasteiger partial charge is 0.386 e. The number of unbranched alkanes of at least 4 members (excludes halogenated alkanes) is 11. The van der Waals surface area contributed by atoms with Gasteiger partial charge in [0.1, 0.15) is 12.4 Å². The second kappa shape index (κ2) is 14.7. The summed E-state index contributed by atoms with van der Waals surface area (Å²) in [6.07, 6.45) is 16.3. The topological polar surface area (TPSA) is 37.3 Å². The standard InChI is InChI=1S/C16H32O2/c1-2-3-4-5-6-7-8-9-10-11-12-13-14-16(18)15-17/h15-16,18H,2-14H2,1H3/t16-/m0/s1. The van der Waals surface area contributed by atoms with Gasteiger partial charge in [0, 0.05) is 0 Å². The second-order valence-corrected chi connectivity index (χ2v) is 5.38. The minimum absolute atomic E-state index is 0.637. The van der Waals surface area contributed by atoms with E-state index < -0.39 is 6.10 Å². The second-order valence-electron chi connectivity index (χ2n) is 5.38.